The number of carbonyl (C=O) groups is 1. The molecular formula is C19H18FN3O. The molecule has 0 spiro atoms. The molecule has 5 heteroatoms. The van der Waals surface area contributed by atoms with Gasteiger partial charge in [0.15, 0.2) is 0 Å². The number of nitrogens with zero attached hydrogens (tertiary/aromatic N) is 2. The van der Waals surface area contributed by atoms with Crippen molar-refractivity contribution in [2.24, 2.45) is 0 Å². The van der Waals surface area contributed by atoms with Gasteiger partial charge in [0.25, 0.3) is 0 Å². The molecule has 3 rings (SSSR count). The van der Waals surface area contributed by atoms with Crippen molar-refractivity contribution >= 4 is 11.6 Å². The van der Waals surface area contributed by atoms with Crippen LogP contribution in [0.1, 0.15) is 29.5 Å². The van der Waals surface area contributed by atoms with E-state index in [4.69, 9.17) is 5.26 Å². The van der Waals surface area contributed by atoms with Crippen molar-refractivity contribution in [3.8, 4) is 6.07 Å². The molecule has 0 aliphatic carbocycles. The molecule has 0 saturated carbocycles. The molecule has 2 aromatic rings. The van der Waals surface area contributed by atoms with Gasteiger partial charge in [0.05, 0.1) is 11.3 Å². The van der Waals surface area contributed by atoms with Gasteiger partial charge in [0.2, 0.25) is 5.91 Å². The molecule has 24 heavy (non-hydrogen) atoms. The van der Waals surface area contributed by atoms with Crippen molar-refractivity contribution in [3.63, 3.8) is 0 Å². The summed E-state index contributed by atoms with van der Waals surface area (Å²) in [7, 11) is 0. The van der Waals surface area contributed by atoms with Gasteiger partial charge in [-0.3, -0.25) is 4.79 Å². The van der Waals surface area contributed by atoms with Crippen LogP contribution in [0, 0.1) is 17.1 Å². The quantitative estimate of drug-likeness (QED) is 0.917. The minimum absolute atomic E-state index is 0.223. The maximum Gasteiger partial charge on any atom is 0.222 e. The summed E-state index contributed by atoms with van der Waals surface area (Å²) in [6.07, 6.45) is 1.60. The molecule has 0 unspecified atom stereocenters. The van der Waals surface area contributed by atoms with Gasteiger partial charge in [-0.1, -0.05) is 24.3 Å². The number of carbonyl (C=O) groups excluding carboxylic acids is 1. The lowest BCUT2D eigenvalue weighted by atomic mass is 10.1. The van der Waals surface area contributed by atoms with Crippen LogP contribution in [-0.4, -0.2) is 17.4 Å². The summed E-state index contributed by atoms with van der Waals surface area (Å²) in [5, 5.41) is 12.2. The minimum atomic E-state index is -0.419. The lowest BCUT2D eigenvalue weighted by Crippen LogP contribution is -2.23. The van der Waals surface area contributed by atoms with Gasteiger partial charge in [-0.25, -0.2) is 4.39 Å². The van der Waals surface area contributed by atoms with E-state index >= 15 is 0 Å². The molecule has 0 aromatic heterocycles. The van der Waals surface area contributed by atoms with E-state index < -0.39 is 5.82 Å². The summed E-state index contributed by atoms with van der Waals surface area (Å²) in [5.74, 6) is -0.195. The fraction of sp³-hybridized carbons (Fsp3) is 0.263. The Morgan fingerprint density at radius 3 is 2.58 bits per heavy atom. The zero-order valence-electron chi connectivity index (χ0n) is 13.3. The van der Waals surface area contributed by atoms with Crippen molar-refractivity contribution in [1.29, 1.82) is 5.26 Å². The highest BCUT2D eigenvalue weighted by Gasteiger charge is 2.19. The van der Waals surface area contributed by atoms with Crippen molar-refractivity contribution in [2.45, 2.75) is 25.9 Å². The molecule has 4 nitrogen and oxygen atoms in total. The SMILES string of the molecule is N#Cc1cc(F)ccc1NCc1ccc(CN2CCCC2=O)cc1. The van der Waals surface area contributed by atoms with Crippen LogP contribution < -0.4 is 5.32 Å². The summed E-state index contributed by atoms with van der Waals surface area (Å²) in [5.41, 5.74) is 3.07. The Hall–Kier alpha value is -2.87. The van der Waals surface area contributed by atoms with Crippen LogP contribution in [0.2, 0.25) is 0 Å². The molecule has 2 aromatic carbocycles. The lowest BCUT2D eigenvalue weighted by molar-refractivity contribution is -0.128. The number of benzene rings is 2. The average molecular weight is 323 g/mol. The first-order valence-corrected chi connectivity index (χ1v) is 7.95. The zero-order chi connectivity index (χ0) is 16.9. The minimum Gasteiger partial charge on any atom is -0.380 e. The number of halogens is 1. The van der Waals surface area contributed by atoms with E-state index in [1.54, 1.807) is 6.07 Å². The summed E-state index contributed by atoms with van der Waals surface area (Å²) in [4.78, 5) is 13.5. The largest absolute Gasteiger partial charge is 0.380 e. The molecule has 122 valence electrons. The Morgan fingerprint density at radius 1 is 1.17 bits per heavy atom. The molecule has 0 radical (unpaired) electrons. The number of likely N-dealkylation sites (tertiary alicyclic amines) is 1. The van der Waals surface area contributed by atoms with E-state index in [-0.39, 0.29) is 5.91 Å². The maximum atomic E-state index is 13.1. The number of nitrogens with one attached hydrogen (secondary N) is 1. The van der Waals surface area contributed by atoms with Crippen LogP contribution in [-0.2, 0) is 17.9 Å². The summed E-state index contributed by atoms with van der Waals surface area (Å²) < 4.78 is 13.1. The smallest absolute Gasteiger partial charge is 0.222 e. The van der Waals surface area contributed by atoms with Crippen LogP contribution in [0.3, 0.4) is 0 Å². The highest BCUT2D eigenvalue weighted by atomic mass is 19.1. The first-order chi connectivity index (χ1) is 11.7. The number of rotatable bonds is 5. The highest BCUT2D eigenvalue weighted by molar-refractivity contribution is 5.78. The number of hydrogen-bond acceptors (Lipinski definition) is 3. The number of anilines is 1. The number of amides is 1. The Morgan fingerprint density at radius 2 is 1.92 bits per heavy atom. The van der Waals surface area contributed by atoms with Crippen molar-refractivity contribution in [2.75, 3.05) is 11.9 Å². The van der Waals surface area contributed by atoms with Gasteiger partial charge in [0.1, 0.15) is 11.9 Å². The molecule has 1 N–H and O–H groups in total. The molecule has 1 amide bonds. The summed E-state index contributed by atoms with van der Waals surface area (Å²) in [6.45, 7) is 2.04. The second-order valence-electron chi connectivity index (χ2n) is 5.89. The predicted molar refractivity (Wildman–Crippen MR) is 89.5 cm³/mol. The Labute approximate surface area is 140 Å². The fourth-order valence-corrected chi connectivity index (χ4v) is 2.81. The van der Waals surface area contributed by atoms with Crippen LogP contribution in [0.25, 0.3) is 0 Å². The molecule has 1 aliphatic heterocycles. The van der Waals surface area contributed by atoms with E-state index in [0.29, 0.717) is 30.8 Å². The van der Waals surface area contributed by atoms with Crippen LogP contribution in [0.4, 0.5) is 10.1 Å². The first kappa shape index (κ1) is 16.0. The normalized spacial score (nSPS) is 13.8. The van der Waals surface area contributed by atoms with E-state index in [1.165, 1.54) is 12.1 Å². The highest BCUT2D eigenvalue weighted by Crippen LogP contribution is 2.18. The van der Waals surface area contributed by atoms with Gasteiger partial charge in [-0.05, 0) is 35.7 Å². The third-order valence-electron chi connectivity index (χ3n) is 4.15. The fourth-order valence-electron chi connectivity index (χ4n) is 2.81. The number of hydrogen-bond donors (Lipinski definition) is 1. The Balaban J connectivity index is 1.60. The molecule has 1 heterocycles. The zero-order valence-corrected chi connectivity index (χ0v) is 13.3. The van der Waals surface area contributed by atoms with Crippen molar-refractivity contribution < 1.29 is 9.18 Å². The van der Waals surface area contributed by atoms with Crippen molar-refractivity contribution in [1.82, 2.24) is 4.90 Å². The van der Waals surface area contributed by atoms with E-state index in [1.807, 2.05) is 35.2 Å². The number of nitriles is 1. The van der Waals surface area contributed by atoms with Gasteiger partial charge >= 0.3 is 0 Å². The molecule has 1 aliphatic rings. The van der Waals surface area contributed by atoms with Gasteiger partial charge in [-0.2, -0.15) is 5.26 Å². The predicted octanol–water partition coefficient (Wildman–Crippen LogP) is 3.43. The molecular weight excluding hydrogens is 305 g/mol. The first-order valence-electron chi connectivity index (χ1n) is 7.95. The summed E-state index contributed by atoms with van der Waals surface area (Å²) >= 11 is 0. The van der Waals surface area contributed by atoms with Gasteiger partial charge < -0.3 is 10.2 Å². The second-order valence-corrected chi connectivity index (χ2v) is 5.89. The second kappa shape index (κ2) is 7.14. The lowest BCUT2D eigenvalue weighted by Gasteiger charge is -2.15. The third kappa shape index (κ3) is 3.72. The monoisotopic (exact) mass is 323 g/mol. The summed E-state index contributed by atoms with van der Waals surface area (Å²) in [6, 6.07) is 14.1. The van der Waals surface area contributed by atoms with E-state index in [0.717, 1.165) is 24.1 Å². The third-order valence-corrected chi connectivity index (χ3v) is 4.15. The van der Waals surface area contributed by atoms with Crippen LogP contribution in [0.15, 0.2) is 42.5 Å². The van der Waals surface area contributed by atoms with E-state index in [9.17, 15) is 9.18 Å². The van der Waals surface area contributed by atoms with Crippen LogP contribution in [0.5, 0.6) is 0 Å². The molecule has 1 fully saturated rings. The average Bonchev–Trinajstić information content (AvgIpc) is 3.00. The molecule has 0 bridgehead atoms. The van der Waals surface area contributed by atoms with Gasteiger partial charge in [-0.15, -0.1) is 0 Å². The van der Waals surface area contributed by atoms with E-state index in [2.05, 4.69) is 5.32 Å². The topological polar surface area (TPSA) is 56.1 Å². The van der Waals surface area contributed by atoms with Crippen LogP contribution >= 0.6 is 0 Å². The van der Waals surface area contributed by atoms with Gasteiger partial charge in [0, 0.05) is 26.1 Å². The Bertz CT molecular complexity index is 780. The molecule has 0 atom stereocenters. The van der Waals surface area contributed by atoms with Crippen molar-refractivity contribution in [3.05, 3.63) is 65.0 Å². The molecule has 1 saturated heterocycles. The standard InChI is InChI=1S/C19H18FN3O/c20-17-7-8-18(16(10-17)11-21)22-12-14-3-5-15(6-4-14)13-23-9-1-2-19(23)24/h3-8,10,22H,1-2,9,12-13H2. The maximum absolute atomic E-state index is 13.1. The Kier molecular flexibility index (Phi) is 4.76.